The van der Waals surface area contributed by atoms with Gasteiger partial charge in [-0.3, -0.25) is 10.1 Å². The Hall–Kier alpha value is -0.520. The fourth-order valence-electron chi connectivity index (χ4n) is 2.47. The molecule has 0 aromatic heterocycles. The highest BCUT2D eigenvalue weighted by Gasteiger charge is 2.30. The van der Waals surface area contributed by atoms with Crippen LogP contribution in [-0.2, 0) is 4.79 Å². The zero-order valence-corrected chi connectivity index (χ0v) is 14.3. The molecule has 1 aromatic rings. The summed E-state index contributed by atoms with van der Waals surface area (Å²) in [4.78, 5) is 14.7. The molecular weight excluding hydrogens is 336 g/mol. The van der Waals surface area contributed by atoms with Crippen molar-refractivity contribution in [3.05, 3.63) is 34.3 Å². The van der Waals surface area contributed by atoms with Crippen molar-refractivity contribution in [2.75, 3.05) is 18.2 Å². The van der Waals surface area contributed by atoms with Gasteiger partial charge in [-0.05, 0) is 25.0 Å². The molecule has 0 spiro atoms. The minimum Gasteiger partial charge on any atom is -0.335 e. The molecule has 1 heterocycles. The van der Waals surface area contributed by atoms with Gasteiger partial charge >= 0.3 is 0 Å². The predicted molar refractivity (Wildman–Crippen MR) is 88.8 cm³/mol. The maximum absolute atomic E-state index is 12.7. The summed E-state index contributed by atoms with van der Waals surface area (Å²) in [7, 11) is 0. The smallest absolute Gasteiger partial charge is 0.241 e. The van der Waals surface area contributed by atoms with Crippen LogP contribution in [0.1, 0.15) is 31.9 Å². The number of carbonyl (C=O) groups is 1. The number of carbonyl (C=O) groups excluding carboxylic acids is 1. The van der Waals surface area contributed by atoms with Crippen LogP contribution in [0.5, 0.6) is 0 Å². The minimum atomic E-state index is -0.0310. The van der Waals surface area contributed by atoms with E-state index in [0.29, 0.717) is 0 Å². The quantitative estimate of drug-likeness (QED) is 0.877. The van der Waals surface area contributed by atoms with Gasteiger partial charge in [0.2, 0.25) is 5.91 Å². The lowest BCUT2D eigenvalue weighted by Gasteiger charge is -2.32. The molecule has 2 atom stereocenters. The van der Waals surface area contributed by atoms with E-state index in [9.17, 15) is 4.79 Å². The Morgan fingerprint density at radius 1 is 1.55 bits per heavy atom. The second-order valence-electron chi connectivity index (χ2n) is 5.00. The van der Waals surface area contributed by atoms with Crippen LogP contribution in [0.25, 0.3) is 0 Å². The number of hydrogen-bond acceptors (Lipinski definition) is 3. The van der Waals surface area contributed by atoms with Gasteiger partial charge < -0.3 is 4.90 Å². The second-order valence-corrected chi connectivity index (χ2v) is 6.89. The Balaban J connectivity index is 2.19. The number of amides is 1. The molecular formula is C15H21BrN2OS. The molecule has 1 saturated heterocycles. The Morgan fingerprint density at radius 3 is 2.90 bits per heavy atom. The maximum Gasteiger partial charge on any atom is 0.241 e. The highest BCUT2D eigenvalue weighted by Crippen LogP contribution is 2.28. The number of halogens is 1. The number of thioether (sulfide) groups is 1. The third-order valence-corrected chi connectivity index (χ3v) is 5.25. The summed E-state index contributed by atoms with van der Waals surface area (Å²) in [6, 6.07) is 8.20. The van der Waals surface area contributed by atoms with Crippen molar-refractivity contribution in [1.82, 2.24) is 10.2 Å². The summed E-state index contributed by atoms with van der Waals surface area (Å²) in [5.41, 5.74) is 1.17. The van der Waals surface area contributed by atoms with Gasteiger partial charge in [0, 0.05) is 22.6 Å². The predicted octanol–water partition coefficient (Wildman–Crippen LogP) is 3.41. The van der Waals surface area contributed by atoms with E-state index in [2.05, 4.69) is 41.2 Å². The molecule has 2 rings (SSSR count). The van der Waals surface area contributed by atoms with E-state index >= 15 is 0 Å². The highest BCUT2D eigenvalue weighted by atomic mass is 79.9. The van der Waals surface area contributed by atoms with E-state index in [4.69, 9.17) is 0 Å². The number of rotatable bonds is 5. The largest absolute Gasteiger partial charge is 0.335 e. The van der Waals surface area contributed by atoms with Gasteiger partial charge in [-0.25, -0.2) is 0 Å². The first-order valence-corrected chi connectivity index (χ1v) is 8.96. The summed E-state index contributed by atoms with van der Waals surface area (Å²) in [5, 5.41) is 3.28. The summed E-state index contributed by atoms with van der Waals surface area (Å²) < 4.78 is 1.06. The van der Waals surface area contributed by atoms with E-state index < -0.39 is 0 Å². The first-order chi connectivity index (χ1) is 9.65. The molecule has 110 valence electrons. The van der Waals surface area contributed by atoms with Gasteiger partial charge in [0.05, 0.1) is 12.1 Å². The molecule has 1 aromatic carbocycles. The lowest BCUT2D eigenvalue weighted by Crippen LogP contribution is -2.46. The topological polar surface area (TPSA) is 32.3 Å². The maximum atomic E-state index is 12.7. The average Bonchev–Trinajstić information content (AvgIpc) is 2.98. The van der Waals surface area contributed by atoms with Crippen LogP contribution >= 0.6 is 27.7 Å². The minimum absolute atomic E-state index is 0.0310. The van der Waals surface area contributed by atoms with Gasteiger partial charge in [0.15, 0.2) is 0 Å². The fraction of sp³-hybridized carbons (Fsp3) is 0.533. The highest BCUT2D eigenvalue weighted by molar-refractivity contribution is 9.10. The average molecular weight is 357 g/mol. The molecule has 0 aliphatic carbocycles. The van der Waals surface area contributed by atoms with E-state index in [1.54, 1.807) is 11.8 Å². The molecule has 1 aliphatic heterocycles. The molecule has 20 heavy (non-hydrogen) atoms. The van der Waals surface area contributed by atoms with Gasteiger partial charge in [-0.1, -0.05) is 41.1 Å². The van der Waals surface area contributed by atoms with Gasteiger partial charge in [-0.2, -0.15) is 0 Å². The summed E-state index contributed by atoms with van der Waals surface area (Å²) in [6.45, 7) is 5.02. The SMILES string of the molecule is CCCN(C(=O)C1CSCN1)C(C)c1ccccc1Br. The van der Waals surface area contributed by atoms with Crippen LogP contribution in [0, 0.1) is 0 Å². The molecule has 2 unspecified atom stereocenters. The van der Waals surface area contributed by atoms with Crippen LogP contribution in [0.3, 0.4) is 0 Å². The molecule has 0 saturated carbocycles. The summed E-state index contributed by atoms with van der Waals surface area (Å²) >= 11 is 5.38. The van der Waals surface area contributed by atoms with Crippen molar-refractivity contribution in [2.24, 2.45) is 0 Å². The lowest BCUT2D eigenvalue weighted by atomic mass is 10.1. The van der Waals surface area contributed by atoms with Crippen LogP contribution in [0.4, 0.5) is 0 Å². The zero-order chi connectivity index (χ0) is 14.5. The number of nitrogens with zero attached hydrogens (tertiary/aromatic N) is 1. The van der Waals surface area contributed by atoms with Gasteiger partial charge in [0.1, 0.15) is 0 Å². The first-order valence-electron chi connectivity index (χ1n) is 7.01. The van der Waals surface area contributed by atoms with Crippen molar-refractivity contribution < 1.29 is 4.79 Å². The van der Waals surface area contributed by atoms with Gasteiger partial charge in [-0.15, -0.1) is 11.8 Å². The van der Waals surface area contributed by atoms with E-state index in [-0.39, 0.29) is 18.0 Å². The second kappa shape index (κ2) is 7.48. The molecule has 3 nitrogen and oxygen atoms in total. The van der Waals surface area contributed by atoms with E-state index in [1.807, 2.05) is 23.1 Å². The lowest BCUT2D eigenvalue weighted by molar-refractivity contribution is -0.134. The van der Waals surface area contributed by atoms with Crippen LogP contribution in [0.2, 0.25) is 0 Å². The monoisotopic (exact) mass is 356 g/mol. The first kappa shape index (κ1) is 15.9. The summed E-state index contributed by atoms with van der Waals surface area (Å²) in [5.74, 6) is 1.97. The van der Waals surface area contributed by atoms with Crippen LogP contribution < -0.4 is 5.32 Å². The van der Waals surface area contributed by atoms with Gasteiger partial charge in [0.25, 0.3) is 0 Å². The Bertz CT molecular complexity index is 463. The van der Waals surface area contributed by atoms with Crippen molar-refractivity contribution >= 4 is 33.6 Å². The Kier molecular flexibility index (Phi) is 5.93. The molecule has 1 N–H and O–H groups in total. The van der Waals surface area contributed by atoms with Crippen molar-refractivity contribution in [3.8, 4) is 0 Å². The van der Waals surface area contributed by atoms with Crippen molar-refractivity contribution in [1.29, 1.82) is 0 Å². The Morgan fingerprint density at radius 2 is 2.30 bits per heavy atom. The summed E-state index contributed by atoms with van der Waals surface area (Å²) in [6.07, 6.45) is 0.973. The third-order valence-electron chi connectivity index (χ3n) is 3.58. The third kappa shape index (κ3) is 3.57. The van der Waals surface area contributed by atoms with Crippen molar-refractivity contribution in [2.45, 2.75) is 32.4 Å². The van der Waals surface area contributed by atoms with E-state index in [0.717, 1.165) is 29.1 Å². The number of benzene rings is 1. The fourth-order valence-corrected chi connectivity index (χ4v) is 4.02. The van der Waals surface area contributed by atoms with Crippen LogP contribution in [0.15, 0.2) is 28.7 Å². The standard InChI is InChI=1S/C15H21BrN2OS/c1-3-8-18(15(19)14-9-20-10-17-14)11(2)12-6-4-5-7-13(12)16/h4-7,11,14,17H,3,8-10H2,1-2H3. The number of hydrogen-bond donors (Lipinski definition) is 1. The molecule has 0 bridgehead atoms. The molecule has 1 fully saturated rings. The Labute approximate surface area is 133 Å². The molecule has 5 heteroatoms. The molecule has 1 aliphatic rings. The number of nitrogens with one attached hydrogen (secondary N) is 1. The van der Waals surface area contributed by atoms with E-state index in [1.165, 1.54) is 5.56 Å². The molecule has 0 radical (unpaired) electrons. The van der Waals surface area contributed by atoms with Crippen molar-refractivity contribution in [3.63, 3.8) is 0 Å². The van der Waals surface area contributed by atoms with Crippen LogP contribution in [-0.4, -0.2) is 35.0 Å². The molecule has 1 amide bonds. The zero-order valence-electron chi connectivity index (χ0n) is 11.9. The normalized spacial score (nSPS) is 19.9.